The molecule has 1 N–H and O–H groups in total. The molecule has 1 rings (SSSR count). The van der Waals surface area contributed by atoms with Gasteiger partial charge in [0.1, 0.15) is 0 Å². The number of ether oxygens (including phenoxy) is 2. The number of hydrogen-bond acceptors (Lipinski definition) is 4. The van der Waals surface area contributed by atoms with Crippen molar-refractivity contribution in [3.8, 4) is 0 Å². The largest absolute Gasteiger partial charge is 0.354 e. The minimum Gasteiger partial charge on any atom is -0.354 e. The fourth-order valence-corrected chi connectivity index (χ4v) is 1.69. The maximum absolute atomic E-state index is 5.18. The molecule has 0 bridgehead atoms. The molecule has 0 aliphatic rings. The highest BCUT2D eigenvalue weighted by molar-refractivity contribution is 5.14. The second kappa shape index (κ2) is 5.98. The van der Waals surface area contributed by atoms with E-state index < -0.39 is 0 Å². The second-order valence-electron chi connectivity index (χ2n) is 3.92. The number of aromatic nitrogens is 2. The molecule has 1 unspecified atom stereocenters. The van der Waals surface area contributed by atoms with Crippen molar-refractivity contribution < 1.29 is 9.47 Å². The summed E-state index contributed by atoms with van der Waals surface area (Å²) in [5.41, 5.74) is 2.24. The van der Waals surface area contributed by atoms with Crippen molar-refractivity contribution in [1.82, 2.24) is 15.1 Å². The molecule has 1 heterocycles. The molecule has 0 spiro atoms. The third-order valence-corrected chi connectivity index (χ3v) is 2.60. The molecular weight excluding hydrogens is 206 g/mol. The van der Waals surface area contributed by atoms with E-state index in [1.807, 2.05) is 31.8 Å². The third-order valence-electron chi connectivity index (χ3n) is 2.60. The Bertz CT molecular complexity index is 321. The second-order valence-corrected chi connectivity index (χ2v) is 3.92. The van der Waals surface area contributed by atoms with Gasteiger partial charge in [0.25, 0.3) is 0 Å². The van der Waals surface area contributed by atoms with Crippen molar-refractivity contribution in [2.45, 2.75) is 32.7 Å². The van der Waals surface area contributed by atoms with E-state index in [2.05, 4.69) is 10.4 Å². The Labute approximate surface area is 96.7 Å². The van der Waals surface area contributed by atoms with Crippen LogP contribution < -0.4 is 5.32 Å². The summed E-state index contributed by atoms with van der Waals surface area (Å²) < 4.78 is 12.2. The highest BCUT2D eigenvalue weighted by atomic mass is 16.7. The van der Waals surface area contributed by atoms with Crippen molar-refractivity contribution in [2.75, 3.05) is 14.2 Å². The lowest BCUT2D eigenvalue weighted by atomic mass is 10.2. The van der Waals surface area contributed by atoms with Crippen LogP contribution in [0.15, 0.2) is 6.20 Å². The van der Waals surface area contributed by atoms with Gasteiger partial charge < -0.3 is 14.8 Å². The summed E-state index contributed by atoms with van der Waals surface area (Å²) in [5, 5.41) is 7.64. The molecule has 0 amide bonds. The van der Waals surface area contributed by atoms with Gasteiger partial charge in [-0.25, -0.2) is 0 Å². The van der Waals surface area contributed by atoms with Crippen LogP contribution >= 0.6 is 0 Å². The molecule has 0 saturated carbocycles. The van der Waals surface area contributed by atoms with E-state index >= 15 is 0 Å². The molecule has 16 heavy (non-hydrogen) atoms. The molecule has 1 aromatic heterocycles. The third kappa shape index (κ3) is 3.30. The van der Waals surface area contributed by atoms with Crippen LogP contribution in [0, 0.1) is 6.92 Å². The highest BCUT2D eigenvalue weighted by Gasteiger charge is 2.15. The SMILES string of the molecule is COC(OC)C(C)NCc1cn(C)nc1C. The smallest absolute Gasteiger partial charge is 0.171 e. The summed E-state index contributed by atoms with van der Waals surface area (Å²) >= 11 is 0. The number of nitrogens with zero attached hydrogens (tertiary/aromatic N) is 2. The molecule has 5 nitrogen and oxygen atoms in total. The van der Waals surface area contributed by atoms with Gasteiger partial charge in [0.15, 0.2) is 6.29 Å². The molecule has 92 valence electrons. The number of methoxy groups -OCH3 is 2. The van der Waals surface area contributed by atoms with Gasteiger partial charge in [0.05, 0.1) is 11.7 Å². The topological polar surface area (TPSA) is 48.3 Å². The molecule has 0 aliphatic heterocycles. The van der Waals surface area contributed by atoms with Crippen LogP contribution in [0.1, 0.15) is 18.2 Å². The Morgan fingerprint density at radius 2 is 2.06 bits per heavy atom. The van der Waals surface area contributed by atoms with Crippen LogP contribution in [0.5, 0.6) is 0 Å². The molecule has 5 heteroatoms. The minimum absolute atomic E-state index is 0.134. The van der Waals surface area contributed by atoms with E-state index in [4.69, 9.17) is 9.47 Å². The van der Waals surface area contributed by atoms with Crippen molar-refractivity contribution in [3.05, 3.63) is 17.5 Å². The van der Waals surface area contributed by atoms with Crippen molar-refractivity contribution >= 4 is 0 Å². The fourth-order valence-electron chi connectivity index (χ4n) is 1.69. The van der Waals surface area contributed by atoms with Gasteiger partial charge in [-0.2, -0.15) is 5.10 Å². The van der Waals surface area contributed by atoms with E-state index in [-0.39, 0.29) is 12.3 Å². The molecule has 0 fully saturated rings. The Kier molecular flexibility index (Phi) is 4.92. The van der Waals surface area contributed by atoms with Crippen LogP contribution in [0.3, 0.4) is 0 Å². The lowest BCUT2D eigenvalue weighted by molar-refractivity contribution is -0.119. The molecule has 1 aromatic rings. The lowest BCUT2D eigenvalue weighted by Gasteiger charge is -2.22. The van der Waals surface area contributed by atoms with Crippen LogP contribution in [0.25, 0.3) is 0 Å². The summed E-state index contributed by atoms with van der Waals surface area (Å²) in [4.78, 5) is 0. The molecule has 0 aliphatic carbocycles. The van der Waals surface area contributed by atoms with E-state index in [1.165, 1.54) is 5.56 Å². The predicted molar refractivity (Wildman–Crippen MR) is 62.1 cm³/mol. The number of aryl methyl sites for hydroxylation is 2. The van der Waals surface area contributed by atoms with Crippen LogP contribution in [0.4, 0.5) is 0 Å². The zero-order valence-corrected chi connectivity index (χ0v) is 10.7. The summed E-state index contributed by atoms with van der Waals surface area (Å²) in [7, 11) is 5.20. The average Bonchev–Trinajstić information content (AvgIpc) is 2.56. The van der Waals surface area contributed by atoms with Crippen molar-refractivity contribution in [2.24, 2.45) is 7.05 Å². The molecule has 0 radical (unpaired) electrons. The van der Waals surface area contributed by atoms with E-state index in [9.17, 15) is 0 Å². The van der Waals surface area contributed by atoms with Gasteiger partial charge in [0, 0.05) is 39.6 Å². The van der Waals surface area contributed by atoms with E-state index in [1.54, 1.807) is 14.2 Å². The van der Waals surface area contributed by atoms with Gasteiger partial charge in [-0.3, -0.25) is 4.68 Å². The maximum atomic E-state index is 5.18. The lowest BCUT2D eigenvalue weighted by Crippen LogP contribution is -2.39. The standard InChI is InChI=1S/C11H21N3O2/c1-8-10(7-14(3)13-8)6-12-9(2)11(15-4)16-5/h7,9,11-12H,6H2,1-5H3. The molecule has 0 aromatic carbocycles. The number of nitrogens with one attached hydrogen (secondary N) is 1. The normalized spacial score (nSPS) is 13.4. The first-order valence-corrected chi connectivity index (χ1v) is 5.36. The zero-order chi connectivity index (χ0) is 12.1. The summed E-state index contributed by atoms with van der Waals surface area (Å²) in [6.07, 6.45) is 1.79. The van der Waals surface area contributed by atoms with Gasteiger partial charge in [-0.05, 0) is 13.8 Å². The Morgan fingerprint density at radius 1 is 1.44 bits per heavy atom. The fraction of sp³-hybridized carbons (Fsp3) is 0.727. The zero-order valence-electron chi connectivity index (χ0n) is 10.7. The van der Waals surface area contributed by atoms with Crippen molar-refractivity contribution in [3.63, 3.8) is 0 Å². The molecular formula is C11H21N3O2. The van der Waals surface area contributed by atoms with Gasteiger partial charge in [0.2, 0.25) is 0 Å². The molecule has 0 saturated heterocycles. The Hall–Kier alpha value is -0.910. The van der Waals surface area contributed by atoms with Crippen LogP contribution in [-0.4, -0.2) is 36.3 Å². The molecule has 1 atom stereocenters. The number of rotatable bonds is 6. The predicted octanol–water partition coefficient (Wildman–Crippen LogP) is 0.826. The first-order valence-electron chi connectivity index (χ1n) is 5.36. The van der Waals surface area contributed by atoms with Crippen molar-refractivity contribution in [1.29, 1.82) is 0 Å². The van der Waals surface area contributed by atoms with Gasteiger partial charge in [-0.1, -0.05) is 0 Å². The maximum Gasteiger partial charge on any atom is 0.171 e. The summed E-state index contributed by atoms with van der Waals surface area (Å²) in [6.45, 7) is 4.80. The van der Waals surface area contributed by atoms with E-state index in [0.29, 0.717) is 0 Å². The highest BCUT2D eigenvalue weighted by Crippen LogP contribution is 2.06. The monoisotopic (exact) mass is 227 g/mol. The average molecular weight is 227 g/mol. The van der Waals surface area contributed by atoms with Gasteiger partial charge >= 0.3 is 0 Å². The quantitative estimate of drug-likeness (QED) is 0.731. The first kappa shape index (κ1) is 13.2. The van der Waals surface area contributed by atoms with E-state index in [0.717, 1.165) is 12.2 Å². The first-order chi connectivity index (χ1) is 7.58. The van der Waals surface area contributed by atoms with Crippen LogP contribution in [0.2, 0.25) is 0 Å². The minimum atomic E-state index is -0.225. The van der Waals surface area contributed by atoms with Gasteiger partial charge in [-0.15, -0.1) is 0 Å². The Morgan fingerprint density at radius 3 is 2.50 bits per heavy atom. The number of hydrogen-bond donors (Lipinski definition) is 1. The van der Waals surface area contributed by atoms with Crippen LogP contribution in [-0.2, 0) is 23.1 Å². The Balaban J connectivity index is 2.48. The summed E-state index contributed by atoms with van der Waals surface area (Å²) in [5.74, 6) is 0. The summed E-state index contributed by atoms with van der Waals surface area (Å²) in [6, 6.07) is 0.134.